The molecule has 0 amide bonds. The van der Waals surface area contributed by atoms with Gasteiger partial charge in [-0.1, -0.05) is 35.3 Å². The molecule has 1 aromatic heterocycles. The molecule has 1 heterocycles. The highest BCUT2D eigenvalue weighted by molar-refractivity contribution is 7.18. The van der Waals surface area contributed by atoms with Crippen molar-refractivity contribution >= 4 is 40.3 Å². The Balaban J connectivity index is 1.99. The van der Waals surface area contributed by atoms with Crippen molar-refractivity contribution in [3.8, 4) is 5.75 Å². The summed E-state index contributed by atoms with van der Waals surface area (Å²) < 4.78 is 5.93. The molecule has 17 heavy (non-hydrogen) atoms. The quantitative estimate of drug-likeness (QED) is 0.783. The van der Waals surface area contributed by atoms with Gasteiger partial charge in [-0.25, -0.2) is 0 Å². The number of hydrogen-bond acceptors (Lipinski definition) is 3. The predicted octanol–water partition coefficient (Wildman–Crippen LogP) is 4.32. The monoisotopic (exact) mass is 286 g/mol. The summed E-state index contributed by atoms with van der Waals surface area (Å²) in [4.78, 5) is 12.3. The molecule has 2 rings (SSSR count). The van der Waals surface area contributed by atoms with E-state index in [4.69, 9.17) is 27.9 Å². The van der Waals surface area contributed by atoms with Crippen molar-refractivity contribution in [2.75, 3.05) is 6.61 Å². The summed E-state index contributed by atoms with van der Waals surface area (Å²) in [6.45, 7) is -0.0411. The van der Waals surface area contributed by atoms with Crippen LogP contribution in [0.15, 0.2) is 36.4 Å². The maximum atomic E-state index is 11.7. The summed E-state index contributed by atoms with van der Waals surface area (Å²) in [6, 6.07) is 10.4. The SMILES string of the molecule is O=C(COc1ccccc1Cl)c1ccc(Cl)s1. The van der Waals surface area contributed by atoms with Gasteiger partial charge in [-0.2, -0.15) is 0 Å². The van der Waals surface area contributed by atoms with Crippen molar-refractivity contribution in [1.29, 1.82) is 0 Å². The molecule has 2 aromatic rings. The van der Waals surface area contributed by atoms with Crippen molar-refractivity contribution in [3.63, 3.8) is 0 Å². The zero-order chi connectivity index (χ0) is 12.3. The second-order valence-electron chi connectivity index (χ2n) is 3.25. The summed E-state index contributed by atoms with van der Waals surface area (Å²) in [7, 11) is 0. The summed E-state index contributed by atoms with van der Waals surface area (Å²) >= 11 is 12.9. The summed E-state index contributed by atoms with van der Waals surface area (Å²) in [6.07, 6.45) is 0. The molecule has 0 aliphatic rings. The standard InChI is InChI=1S/C12H8Cl2O2S/c13-8-3-1-2-4-10(8)16-7-9(15)11-5-6-12(14)17-11/h1-6H,7H2. The molecule has 2 nitrogen and oxygen atoms in total. The average molecular weight is 287 g/mol. The smallest absolute Gasteiger partial charge is 0.210 e. The van der Waals surface area contributed by atoms with Crippen LogP contribution in [0.3, 0.4) is 0 Å². The topological polar surface area (TPSA) is 26.3 Å². The number of hydrogen-bond donors (Lipinski definition) is 0. The summed E-state index contributed by atoms with van der Waals surface area (Å²) in [5, 5.41) is 0.490. The number of carbonyl (C=O) groups excluding carboxylic acids is 1. The Bertz CT molecular complexity index is 537. The molecule has 0 radical (unpaired) electrons. The van der Waals surface area contributed by atoms with E-state index in [0.717, 1.165) is 0 Å². The molecule has 0 aliphatic heterocycles. The molecular weight excluding hydrogens is 279 g/mol. The maximum absolute atomic E-state index is 11.7. The van der Waals surface area contributed by atoms with Gasteiger partial charge in [0.1, 0.15) is 5.75 Å². The molecule has 0 spiro atoms. The van der Waals surface area contributed by atoms with E-state index in [1.807, 2.05) is 0 Å². The van der Waals surface area contributed by atoms with Crippen molar-refractivity contribution in [2.45, 2.75) is 0 Å². The van der Waals surface area contributed by atoms with Crippen molar-refractivity contribution in [2.24, 2.45) is 0 Å². The molecule has 0 bridgehead atoms. The van der Waals surface area contributed by atoms with Gasteiger partial charge in [0.25, 0.3) is 0 Å². The number of rotatable bonds is 4. The third-order valence-electron chi connectivity index (χ3n) is 2.04. The average Bonchev–Trinajstić information content (AvgIpc) is 2.74. The van der Waals surface area contributed by atoms with Gasteiger partial charge in [0.2, 0.25) is 5.78 Å². The molecule has 5 heteroatoms. The van der Waals surface area contributed by atoms with Gasteiger partial charge in [-0.15, -0.1) is 11.3 Å². The predicted molar refractivity (Wildman–Crippen MR) is 70.6 cm³/mol. The first kappa shape index (κ1) is 12.4. The van der Waals surface area contributed by atoms with Gasteiger partial charge < -0.3 is 4.74 Å². The zero-order valence-electron chi connectivity index (χ0n) is 8.65. The fraction of sp³-hybridized carbons (Fsp3) is 0.0833. The van der Waals surface area contributed by atoms with Gasteiger partial charge in [-0.3, -0.25) is 4.79 Å². The van der Waals surface area contributed by atoms with E-state index in [0.29, 0.717) is 20.0 Å². The van der Waals surface area contributed by atoms with Crippen LogP contribution in [0, 0.1) is 0 Å². The normalized spacial score (nSPS) is 10.2. The first-order valence-corrected chi connectivity index (χ1v) is 6.40. The first-order chi connectivity index (χ1) is 8.16. The van der Waals surface area contributed by atoms with Gasteiger partial charge in [-0.05, 0) is 24.3 Å². The van der Waals surface area contributed by atoms with Crippen molar-refractivity contribution in [1.82, 2.24) is 0 Å². The molecule has 0 saturated heterocycles. The number of carbonyl (C=O) groups is 1. The second-order valence-corrected chi connectivity index (χ2v) is 5.37. The second kappa shape index (κ2) is 5.54. The van der Waals surface area contributed by atoms with E-state index in [2.05, 4.69) is 0 Å². The molecule has 0 atom stereocenters. The summed E-state index contributed by atoms with van der Waals surface area (Å²) in [5.41, 5.74) is 0. The number of para-hydroxylation sites is 1. The minimum Gasteiger partial charge on any atom is -0.484 e. The van der Waals surface area contributed by atoms with Gasteiger partial charge in [0.15, 0.2) is 6.61 Å². The van der Waals surface area contributed by atoms with Crippen LogP contribution in [0.25, 0.3) is 0 Å². The van der Waals surface area contributed by atoms with Crippen LogP contribution < -0.4 is 4.74 Å². The van der Waals surface area contributed by atoms with Crippen molar-refractivity contribution < 1.29 is 9.53 Å². The minimum atomic E-state index is -0.109. The Morgan fingerprint density at radius 3 is 2.59 bits per heavy atom. The van der Waals surface area contributed by atoms with E-state index >= 15 is 0 Å². The highest BCUT2D eigenvalue weighted by Gasteiger charge is 2.10. The molecule has 0 aliphatic carbocycles. The third-order valence-corrected chi connectivity index (χ3v) is 3.63. The minimum absolute atomic E-state index is 0.0411. The molecule has 0 N–H and O–H groups in total. The zero-order valence-corrected chi connectivity index (χ0v) is 11.0. The maximum Gasteiger partial charge on any atom is 0.210 e. The number of benzene rings is 1. The number of ether oxygens (including phenoxy) is 1. The Morgan fingerprint density at radius 1 is 1.18 bits per heavy atom. The van der Waals surface area contributed by atoms with Gasteiger partial charge in [0, 0.05) is 0 Å². The lowest BCUT2D eigenvalue weighted by atomic mass is 10.3. The van der Waals surface area contributed by atoms with Gasteiger partial charge >= 0.3 is 0 Å². The van der Waals surface area contributed by atoms with Crippen LogP contribution >= 0.6 is 34.5 Å². The highest BCUT2D eigenvalue weighted by Crippen LogP contribution is 2.25. The lowest BCUT2D eigenvalue weighted by molar-refractivity contribution is 0.0925. The van der Waals surface area contributed by atoms with E-state index < -0.39 is 0 Å². The fourth-order valence-electron chi connectivity index (χ4n) is 1.24. The molecule has 0 saturated carbocycles. The number of halogens is 2. The lowest BCUT2D eigenvalue weighted by Crippen LogP contribution is -2.10. The van der Waals surface area contributed by atoms with Crippen LogP contribution in [0.4, 0.5) is 0 Å². The van der Waals surface area contributed by atoms with E-state index in [-0.39, 0.29) is 12.4 Å². The highest BCUT2D eigenvalue weighted by atomic mass is 35.5. The first-order valence-electron chi connectivity index (χ1n) is 4.82. The van der Waals surface area contributed by atoms with E-state index in [1.165, 1.54) is 11.3 Å². The van der Waals surface area contributed by atoms with Crippen LogP contribution in [0.5, 0.6) is 5.75 Å². The molecule has 1 aromatic carbocycles. The lowest BCUT2D eigenvalue weighted by Gasteiger charge is -2.05. The third kappa shape index (κ3) is 3.22. The summed E-state index contributed by atoms with van der Waals surface area (Å²) in [5.74, 6) is 0.395. The van der Waals surface area contributed by atoms with E-state index in [9.17, 15) is 4.79 Å². The molecule has 0 fully saturated rings. The number of Topliss-reactive ketones (excluding diaryl/α,β-unsaturated/α-hetero) is 1. The Kier molecular flexibility index (Phi) is 4.05. The molecule has 88 valence electrons. The molecular formula is C12H8Cl2O2S. The Labute approximate surface area is 113 Å². The number of thiophene rings is 1. The number of ketones is 1. The Morgan fingerprint density at radius 2 is 1.94 bits per heavy atom. The van der Waals surface area contributed by atoms with Crippen LogP contribution in [-0.2, 0) is 0 Å². The fourth-order valence-corrected chi connectivity index (χ4v) is 2.40. The largest absolute Gasteiger partial charge is 0.484 e. The van der Waals surface area contributed by atoms with Crippen molar-refractivity contribution in [3.05, 3.63) is 50.6 Å². The van der Waals surface area contributed by atoms with Crippen LogP contribution in [0.2, 0.25) is 9.36 Å². The Hall–Kier alpha value is -1.03. The van der Waals surface area contributed by atoms with Gasteiger partial charge in [0.05, 0.1) is 14.2 Å². The van der Waals surface area contributed by atoms with E-state index in [1.54, 1.807) is 36.4 Å². The van der Waals surface area contributed by atoms with Crippen LogP contribution in [-0.4, -0.2) is 12.4 Å². The van der Waals surface area contributed by atoms with Crippen LogP contribution in [0.1, 0.15) is 9.67 Å². The molecule has 0 unspecified atom stereocenters.